The zero-order valence-corrected chi connectivity index (χ0v) is 14.6. The Morgan fingerprint density at radius 2 is 1.73 bits per heavy atom. The van der Waals surface area contributed by atoms with Gasteiger partial charge in [0.1, 0.15) is 6.54 Å². The molecule has 3 aromatic rings. The van der Waals surface area contributed by atoms with E-state index >= 15 is 0 Å². The molecule has 0 spiro atoms. The van der Waals surface area contributed by atoms with E-state index in [-0.39, 0.29) is 23.9 Å². The zero-order valence-electron chi connectivity index (χ0n) is 13.8. The van der Waals surface area contributed by atoms with E-state index in [2.05, 4.69) is 15.6 Å². The molecular weight excluding hydrogens is 356 g/mol. The lowest BCUT2D eigenvalue weighted by Gasteiger charge is -2.09. The van der Waals surface area contributed by atoms with Crippen molar-refractivity contribution in [2.75, 3.05) is 10.6 Å². The Bertz CT molecular complexity index is 1040. The van der Waals surface area contributed by atoms with E-state index in [0.717, 1.165) is 0 Å². The second kappa shape index (κ2) is 7.37. The molecule has 0 aliphatic carbocycles. The molecule has 3 rings (SSSR count). The quantitative estimate of drug-likeness (QED) is 0.738. The number of halogens is 1. The molecule has 8 heteroatoms. The molecule has 26 heavy (non-hydrogen) atoms. The molecule has 0 unspecified atom stereocenters. The van der Waals surface area contributed by atoms with Gasteiger partial charge in [0.15, 0.2) is 0 Å². The third-order valence-electron chi connectivity index (χ3n) is 3.59. The van der Waals surface area contributed by atoms with Crippen LogP contribution in [0.4, 0.5) is 11.4 Å². The maximum Gasteiger partial charge on any atom is 0.261 e. The fourth-order valence-electron chi connectivity index (χ4n) is 2.44. The van der Waals surface area contributed by atoms with Crippen molar-refractivity contribution >= 4 is 45.7 Å². The summed E-state index contributed by atoms with van der Waals surface area (Å²) in [5, 5.41) is 6.11. The van der Waals surface area contributed by atoms with Gasteiger partial charge in [-0.15, -0.1) is 0 Å². The monoisotopic (exact) mass is 370 g/mol. The van der Waals surface area contributed by atoms with Crippen molar-refractivity contribution in [1.29, 1.82) is 0 Å². The second-order valence-corrected chi connectivity index (χ2v) is 6.08. The van der Waals surface area contributed by atoms with Gasteiger partial charge in [0.05, 0.1) is 17.2 Å². The van der Waals surface area contributed by atoms with Crippen molar-refractivity contribution in [3.05, 3.63) is 64.2 Å². The number of hydrogen-bond acceptors (Lipinski definition) is 4. The molecule has 2 aromatic carbocycles. The minimum atomic E-state index is -0.373. The summed E-state index contributed by atoms with van der Waals surface area (Å²) in [5.74, 6) is -0.548. The third-order valence-corrected chi connectivity index (χ3v) is 3.82. The van der Waals surface area contributed by atoms with Crippen LogP contribution in [0, 0.1) is 0 Å². The lowest BCUT2D eigenvalue weighted by atomic mass is 10.2. The number of amides is 2. The van der Waals surface area contributed by atoms with Gasteiger partial charge in [-0.05, 0) is 42.5 Å². The summed E-state index contributed by atoms with van der Waals surface area (Å²) in [5.41, 5.74) is 1.36. The molecule has 0 radical (unpaired) electrons. The number of benzene rings is 2. The SMILES string of the molecule is CC(=O)Nc1ccc(NC(=O)Cn2cnc3ccc(Cl)cc3c2=O)cc1. The Morgan fingerprint density at radius 1 is 1.08 bits per heavy atom. The van der Waals surface area contributed by atoms with Gasteiger partial charge < -0.3 is 10.6 Å². The number of rotatable bonds is 4. The summed E-state index contributed by atoms with van der Waals surface area (Å²) in [4.78, 5) is 39.8. The van der Waals surface area contributed by atoms with Crippen LogP contribution in [0.25, 0.3) is 10.9 Å². The Labute approximate surface area is 153 Å². The maximum absolute atomic E-state index is 12.5. The Hall–Kier alpha value is -3.19. The molecule has 0 fully saturated rings. The van der Waals surface area contributed by atoms with Gasteiger partial charge in [0.2, 0.25) is 11.8 Å². The highest BCUT2D eigenvalue weighted by Gasteiger charge is 2.09. The number of nitrogens with zero attached hydrogens (tertiary/aromatic N) is 2. The highest BCUT2D eigenvalue weighted by Crippen LogP contribution is 2.15. The molecule has 132 valence electrons. The summed E-state index contributed by atoms with van der Waals surface area (Å²) in [7, 11) is 0. The molecule has 0 aliphatic rings. The zero-order chi connectivity index (χ0) is 18.7. The van der Waals surface area contributed by atoms with Crippen LogP contribution in [-0.2, 0) is 16.1 Å². The van der Waals surface area contributed by atoms with E-state index < -0.39 is 0 Å². The Balaban J connectivity index is 1.74. The lowest BCUT2D eigenvalue weighted by molar-refractivity contribution is -0.117. The van der Waals surface area contributed by atoms with Crippen LogP contribution in [0.3, 0.4) is 0 Å². The van der Waals surface area contributed by atoms with Crippen LogP contribution in [0.2, 0.25) is 5.02 Å². The first kappa shape index (κ1) is 17.6. The minimum Gasteiger partial charge on any atom is -0.326 e. The highest BCUT2D eigenvalue weighted by molar-refractivity contribution is 6.31. The molecule has 0 aliphatic heterocycles. The van der Waals surface area contributed by atoms with Gasteiger partial charge in [-0.2, -0.15) is 0 Å². The molecule has 0 bridgehead atoms. The van der Waals surface area contributed by atoms with E-state index in [1.54, 1.807) is 36.4 Å². The standard InChI is InChI=1S/C18H15ClN4O3/c1-11(24)21-13-3-5-14(6-4-13)22-17(25)9-23-10-20-16-7-2-12(19)8-15(16)18(23)26/h2-8,10H,9H2,1H3,(H,21,24)(H,22,25). The van der Waals surface area contributed by atoms with E-state index in [1.807, 2.05) is 0 Å². The molecular formula is C18H15ClN4O3. The summed E-state index contributed by atoms with van der Waals surface area (Å²) >= 11 is 5.92. The molecule has 0 atom stereocenters. The van der Waals surface area contributed by atoms with Crippen LogP contribution < -0.4 is 16.2 Å². The van der Waals surface area contributed by atoms with Crippen molar-refractivity contribution in [3.63, 3.8) is 0 Å². The van der Waals surface area contributed by atoms with Gasteiger partial charge in [0.25, 0.3) is 5.56 Å². The Morgan fingerprint density at radius 3 is 2.38 bits per heavy atom. The van der Waals surface area contributed by atoms with E-state index in [1.165, 1.54) is 23.9 Å². The van der Waals surface area contributed by atoms with Crippen LogP contribution in [0.1, 0.15) is 6.92 Å². The normalized spacial score (nSPS) is 10.5. The van der Waals surface area contributed by atoms with E-state index in [9.17, 15) is 14.4 Å². The third kappa shape index (κ3) is 4.07. The topological polar surface area (TPSA) is 93.1 Å². The number of carbonyl (C=O) groups is 2. The summed E-state index contributed by atoms with van der Waals surface area (Å²) in [6, 6.07) is 11.5. The van der Waals surface area contributed by atoms with Crippen LogP contribution in [0.15, 0.2) is 53.6 Å². The summed E-state index contributed by atoms with van der Waals surface area (Å²) in [6.07, 6.45) is 1.33. The predicted molar refractivity (Wildman–Crippen MR) is 100 cm³/mol. The van der Waals surface area contributed by atoms with E-state index in [4.69, 9.17) is 11.6 Å². The fraction of sp³-hybridized carbons (Fsp3) is 0.111. The number of fused-ring (bicyclic) bond motifs is 1. The van der Waals surface area contributed by atoms with Crippen LogP contribution >= 0.6 is 11.6 Å². The minimum absolute atomic E-state index is 0.176. The van der Waals surface area contributed by atoms with Crippen molar-refractivity contribution in [2.24, 2.45) is 0 Å². The van der Waals surface area contributed by atoms with Gasteiger partial charge >= 0.3 is 0 Å². The van der Waals surface area contributed by atoms with Gasteiger partial charge in [0, 0.05) is 23.3 Å². The van der Waals surface area contributed by atoms with Crippen molar-refractivity contribution in [1.82, 2.24) is 9.55 Å². The maximum atomic E-state index is 12.5. The van der Waals surface area contributed by atoms with Gasteiger partial charge in [-0.3, -0.25) is 19.0 Å². The van der Waals surface area contributed by atoms with Gasteiger partial charge in [-0.25, -0.2) is 4.98 Å². The number of anilines is 2. The Kier molecular flexibility index (Phi) is 4.99. The molecule has 0 saturated carbocycles. The smallest absolute Gasteiger partial charge is 0.261 e. The van der Waals surface area contributed by atoms with E-state index in [0.29, 0.717) is 27.3 Å². The summed E-state index contributed by atoms with van der Waals surface area (Å²) < 4.78 is 1.22. The molecule has 1 aromatic heterocycles. The first-order chi connectivity index (χ1) is 12.4. The van der Waals surface area contributed by atoms with Crippen molar-refractivity contribution in [3.8, 4) is 0 Å². The molecule has 0 saturated heterocycles. The number of nitrogens with one attached hydrogen (secondary N) is 2. The van der Waals surface area contributed by atoms with Gasteiger partial charge in [-0.1, -0.05) is 11.6 Å². The predicted octanol–water partition coefficient (Wildman–Crippen LogP) is 2.65. The number of carbonyl (C=O) groups excluding carboxylic acids is 2. The number of hydrogen-bond donors (Lipinski definition) is 2. The molecule has 7 nitrogen and oxygen atoms in total. The molecule has 2 amide bonds. The average molecular weight is 371 g/mol. The fourth-order valence-corrected chi connectivity index (χ4v) is 2.61. The summed E-state index contributed by atoms with van der Waals surface area (Å²) in [6.45, 7) is 1.24. The lowest BCUT2D eigenvalue weighted by Crippen LogP contribution is -2.27. The first-order valence-electron chi connectivity index (χ1n) is 7.74. The highest BCUT2D eigenvalue weighted by atomic mass is 35.5. The van der Waals surface area contributed by atoms with Crippen molar-refractivity contribution < 1.29 is 9.59 Å². The van der Waals surface area contributed by atoms with Crippen molar-refractivity contribution in [2.45, 2.75) is 13.5 Å². The van der Waals surface area contributed by atoms with Crippen LogP contribution in [0.5, 0.6) is 0 Å². The second-order valence-electron chi connectivity index (χ2n) is 5.65. The molecule has 2 N–H and O–H groups in total. The molecule has 1 heterocycles. The van der Waals surface area contributed by atoms with Crippen LogP contribution in [-0.4, -0.2) is 21.4 Å². The average Bonchev–Trinajstić information content (AvgIpc) is 2.59. The largest absolute Gasteiger partial charge is 0.326 e. The number of aromatic nitrogens is 2. The first-order valence-corrected chi connectivity index (χ1v) is 8.12.